The molecule has 1 heterocycles. The predicted octanol–water partition coefficient (Wildman–Crippen LogP) is 5.22. The van der Waals surface area contributed by atoms with Crippen molar-refractivity contribution in [2.45, 2.75) is 6.42 Å². The summed E-state index contributed by atoms with van der Waals surface area (Å²) in [5.74, 6) is -0.0127. The SMILES string of the molecule is O=C(c1ccc(Cc2ccccc2)cc1)c1sccc1Cl. The van der Waals surface area contributed by atoms with Crippen LogP contribution in [0, 0.1) is 0 Å². The summed E-state index contributed by atoms with van der Waals surface area (Å²) in [6.07, 6.45) is 0.870. The van der Waals surface area contributed by atoms with Crippen LogP contribution in [0.25, 0.3) is 0 Å². The van der Waals surface area contributed by atoms with Gasteiger partial charge in [0.2, 0.25) is 5.78 Å². The van der Waals surface area contributed by atoms with Gasteiger partial charge in [-0.25, -0.2) is 0 Å². The van der Waals surface area contributed by atoms with Crippen molar-refractivity contribution >= 4 is 28.7 Å². The van der Waals surface area contributed by atoms with E-state index in [0.29, 0.717) is 15.5 Å². The van der Waals surface area contributed by atoms with Gasteiger partial charge in [-0.2, -0.15) is 0 Å². The first kappa shape index (κ1) is 14.1. The molecule has 104 valence electrons. The van der Waals surface area contributed by atoms with Gasteiger partial charge in [0.1, 0.15) is 0 Å². The molecule has 0 N–H and O–H groups in total. The van der Waals surface area contributed by atoms with E-state index < -0.39 is 0 Å². The second-order valence-corrected chi connectivity index (χ2v) is 6.11. The molecule has 0 saturated carbocycles. The van der Waals surface area contributed by atoms with Gasteiger partial charge in [0.15, 0.2) is 0 Å². The number of ketones is 1. The molecule has 0 amide bonds. The first-order chi connectivity index (χ1) is 10.2. The maximum absolute atomic E-state index is 12.3. The summed E-state index contributed by atoms with van der Waals surface area (Å²) in [4.78, 5) is 12.9. The minimum Gasteiger partial charge on any atom is -0.288 e. The minimum absolute atomic E-state index is 0.0127. The van der Waals surface area contributed by atoms with Gasteiger partial charge in [0.05, 0.1) is 9.90 Å². The van der Waals surface area contributed by atoms with Gasteiger partial charge in [-0.05, 0) is 29.0 Å². The summed E-state index contributed by atoms with van der Waals surface area (Å²) in [7, 11) is 0. The van der Waals surface area contributed by atoms with Crippen LogP contribution in [0.4, 0.5) is 0 Å². The Kier molecular flexibility index (Phi) is 4.18. The maximum Gasteiger partial charge on any atom is 0.204 e. The van der Waals surface area contributed by atoms with Crippen molar-refractivity contribution in [2.24, 2.45) is 0 Å². The zero-order valence-corrected chi connectivity index (χ0v) is 12.8. The van der Waals surface area contributed by atoms with Crippen LogP contribution >= 0.6 is 22.9 Å². The highest BCUT2D eigenvalue weighted by Gasteiger charge is 2.14. The normalized spacial score (nSPS) is 10.5. The summed E-state index contributed by atoms with van der Waals surface area (Å²) in [5.41, 5.74) is 3.13. The van der Waals surface area contributed by atoms with Crippen molar-refractivity contribution in [1.82, 2.24) is 0 Å². The number of halogens is 1. The minimum atomic E-state index is -0.0127. The molecule has 0 aliphatic heterocycles. The molecule has 1 nitrogen and oxygen atoms in total. The molecule has 0 radical (unpaired) electrons. The van der Waals surface area contributed by atoms with Gasteiger partial charge < -0.3 is 0 Å². The highest BCUT2D eigenvalue weighted by Crippen LogP contribution is 2.25. The van der Waals surface area contributed by atoms with Crippen LogP contribution in [0.1, 0.15) is 26.4 Å². The van der Waals surface area contributed by atoms with Crippen LogP contribution in [0.5, 0.6) is 0 Å². The molecule has 3 aromatic rings. The Balaban J connectivity index is 1.78. The average Bonchev–Trinajstić information content (AvgIpc) is 2.94. The number of hydrogen-bond acceptors (Lipinski definition) is 2. The lowest BCUT2D eigenvalue weighted by Gasteiger charge is -2.04. The molecule has 1 aromatic heterocycles. The van der Waals surface area contributed by atoms with Gasteiger partial charge in [0, 0.05) is 5.56 Å². The summed E-state index contributed by atoms with van der Waals surface area (Å²) in [6.45, 7) is 0. The Morgan fingerprint density at radius 1 is 0.905 bits per heavy atom. The molecular formula is C18H13ClOS. The van der Waals surface area contributed by atoms with Crippen LogP contribution < -0.4 is 0 Å². The molecular weight excluding hydrogens is 300 g/mol. The van der Waals surface area contributed by atoms with E-state index in [1.54, 1.807) is 6.07 Å². The molecule has 0 aliphatic rings. The van der Waals surface area contributed by atoms with Gasteiger partial charge in [-0.15, -0.1) is 11.3 Å². The van der Waals surface area contributed by atoms with Crippen molar-refractivity contribution in [1.29, 1.82) is 0 Å². The first-order valence-electron chi connectivity index (χ1n) is 6.64. The third kappa shape index (κ3) is 3.23. The molecule has 0 fully saturated rings. The molecule has 3 rings (SSSR count). The van der Waals surface area contributed by atoms with E-state index in [9.17, 15) is 4.79 Å². The third-order valence-corrected chi connectivity index (χ3v) is 4.63. The Bertz CT molecular complexity index is 744. The van der Waals surface area contributed by atoms with Crippen molar-refractivity contribution in [3.8, 4) is 0 Å². The van der Waals surface area contributed by atoms with E-state index in [2.05, 4.69) is 12.1 Å². The third-order valence-electron chi connectivity index (χ3n) is 3.29. The number of carbonyl (C=O) groups is 1. The monoisotopic (exact) mass is 312 g/mol. The van der Waals surface area contributed by atoms with E-state index in [1.807, 2.05) is 47.8 Å². The molecule has 0 aliphatic carbocycles. The number of benzene rings is 2. The Labute approximate surface area is 132 Å². The molecule has 0 bridgehead atoms. The van der Waals surface area contributed by atoms with Crippen LogP contribution in [0.2, 0.25) is 5.02 Å². The summed E-state index contributed by atoms with van der Waals surface area (Å²) in [6, 6.07) is 19.8. The molecule has 0 atom stereocenters. The largest absolute Gasteiger partial charge is 0.288 e. The average molecular weight is 313 g/mol. The predicted molar refractivity (Wildman–Crippen MR) is 88.5 cm³/mol. The second-order valence-electron chi connectivity index (χ2n) is 4.79. The number of rotatable bonds is 4. The van der Waals surface area contributed by atoms with E-state index >= 15 is 0 Å². The highest BCUT2D eigenvalue weighted by atomic mass is 35.5. The molecule has 0 spiro atoms. The quantitative estimate of drug-likeness (QED) is 0.603. The van der Waals surface area contributed by atoms with E-state index in [1.165, 1.54) is 22.5 Å². The lowest BCUT2D eigenvalue weighted by molar-refractivity contribution is 0.104. The van der Waals surface area contributed by atoms with Crippen molar-refractivity contribution < 1.29 is 4.79 Å². The fourth-order valence-electron chi connectivity index (χ4n) is 2.19. The Morgan fingerprint density at radius 3 is 2.19 bits per heavy atom. The molecule has 0 saturated heterocycles. The first-order valence-corrected chi connectivity index (χ1v) is 7.90. The molecule has 21 heavy (non-hydrogen) atoms. The zero-order valence-electron chi connectivity index (χ0n) is 11.3. The number of carbonyl (C=O) groups excluding carboxylic acids is 1. The zero-order chi connectivity index (χ0) is 14.7. The molecule has 0 unspecified atom stereocenters. The van der Waals surface area contributed by atoms with Gasteiger partial charge >= 0.3 is 0 Å². The molecule has 3 heteroatoms. The van der Waals surface area contributed by atoms with Crippen LogP contribution in [0.15, 0.2) is 66.0 Å². The second kappa shape index (κ2) is 6.25. The van der Waals surface area contributed by atoms with Gasteiger partial charge in [-0.3, -0.25) is 4.79 Å². The number of thiophene rings is 1. The Hall–Kier alpha value is -1.90. The highest BCUT2D eigenvalue weighted by molar-refractivity contribution is 7.13. The lowest BCUT2D eigenvalue weighted by Crippen LogP contribution is -1.99. The number of hydrogen-bond donors (Lipinski definition) is 0. The fourth-order valence-corrected chi connectivity index (χ4v) is 3.30. The van der Waals surface area contributed by atoms with Crippen LogP contribution in [-0.4, -0.2) is 5.78 Å². The van der Waals surface area contributed by atoms with Crippen molar-refractivity contribution in [2.75, 3.05) is 0 Å². The van der Waals surface area contributed by atoms with E-state index in [0.717, 1.165) is 6.42 Å². The lowest BCUT2D eigenvalue weighted by atomic mass is 10.0. The van der Waals surface area contributed by atoms with E-state index in [-0.39, 0.29) is 5.78 Å². The maximum atomic E-state index is 12.3. The van der Waals surface area contributed by atoms with E-state index in [4.69, 9.17) is 11.6 Å². The van der Waals surface area contributed by atoms with Gasteiger partial charge in [-0.1, -0.05) is 66.2 Å². The molecule has 2 aromatic carbocycles. The summed E-state index contributed by atoms with van der Waals surface area (Å²) < 4.78 is 0. The van der Waals surface area contributed by atoms with Crippen LogP contribution in [0.3, 0.4) is 0 Å². The van der Waals surface area contributed by atoms with Crippen LogP contribution in [-0.2, 0) is 6.42 Å². The topological polar surface area (TPSA) is 17.1 Å². The standard InChI is InChI=1S/C18H13ClOS/c19-16-10-11-21-18(16)17(20)15-8-6-14(7-9-15)12-13-4-2-1-3-5-13/h1-11H,12H2. The smallest absolute Gasteiger partial charge is 0.204 e. The van der Waals surface area contributed by atoms with Crippen molar-refractivity contribution in [3.05, 3.63) is 92.6 Å². The fraction of sp³-hybridized carbons (Fsp3) is 0.0556. The Morgan fingerprint density at radius 2 is 1.57 bits per heavy atom. The summed E-state index contributed by atoms with van der Waals surface area (Å²) >= 11 is 7.39. The van der Waals surface area contributed by atoms with Crippen molar-refractivity contribution in [3.63, 3.8) is 0 Å². The van der Waals surface area contributed by atoms with Gasteiger partial charge in [0.25, 0.3) is 0 Å². The summed E-state index contributed by atoms with van der Waals surface area (Å²) in [5, 5.41) is 2.36.